The predicted octanol–water partition coefficient (Wildman–Crippen LogP) is 3.51. The van der Waals surface area contributed by atoms with Crippen LogP contribution in [0.1, 0.15) is 48.4 Å². The highest BCUT2D eigenvalue weighted by molar-refractivity contribution is 7.11. The van der Waals surface area contributed by atoms with Crippen molar-refractivity contribution in [2.24, 2.45) is 5.92 Å². The Morgan fingerprint density at radius 1 is 1.38 bits per heavy atom. The lowest BCUT2D eigenvalue weighted by Crippen LogP contribution is -2.18. The Morgan fingerprint density at radius 3 is 2.88 bits per heavy atom. The first-order valence-electron chi connectivity index (χ1n) is 6.46. The molecule has 1 fully saturated rings. The first kappa shape index (κ1) is 12.1. The second kappa shape index (κ2) is 6.36. The van der Waals surface area contributed by atoms with Gasteiger partial charge in [-0.05, 0) is 25.8 Å². The lowest BCUT2D eigenvalue weighted by Gasteiger charge is -2.21. The van der Waals surface area contributed by atoms with Crippen molar-refractivity contribution in [1.82, 2.24) is 10.3 Å². The van der Waals surface area contributed by atoms with E-state index in [9.17, 15) is 0 Å². The number of hydrogen-bond donors (Lipinski definition) is 1. The molecule has 1 aromatic heterocycles. The molecule has 1 N–H and O–H groups in total. The molecule has 1 aromatic rings. The number of aromatic nitrogens is 1. The number of thiazole rings is 1. The van der Waals surface area contributed by atoms with Gasteiger partial charge in [0.05, 0.1) is 5.01 Å². The Balaban J connectivity index is 1.57. The SMILES string of the molecule is Cc1ncc(CNCCC2CCCCC2)s1. The van der Waals surface area contributed by atoms with Crippen LogP contribution >= 0.6 is 11.3 Å². The minimum absolute atomic E-state index is 0.990. The normalized spacial score (nSPS) is 17.8. The molecule has 1 saturated carbocycles. The fourth-order valence-corrected chi connectivity index (χ4v) is 3.25. The molecule has 0 saturated heterocycles. The average Bonchev–Trinajstić information content (AvgIpc) is 2.72. The molecule has 0 aliphatic heterocycles. The molecule has 0 unspecified atom stereocenters. The molecule has 0 spiro atoms. The van der Waals surface area contributed by atoms with Crippen LogP contribution in [0.5, 0.6) is 0 Å². The van der Waals surface area contributed by atoms with Gasteiger partial charge in [-0.25, -0.2) is 4.98 Å². The van der Waals surface area contributed by atoms with E-state index in [1.165, 1.54) is 55.0 Å². The molecular weight excluding hydrogens is 216 g/mol. The minimum atomic E-state index is 0.990. The van der Waals surface area contributed by atoms with Gasteiger partial charge < -0.3 is 5.32 Å². The van der Waals surface area contributed by atoms with E-state index in [4.69, 9.17) is 0 Å². The molecule has 1 aliphatic carbocycles. The largest absolute Gasteiger partial charge is 0.312 e. The fourth-order valence-electron chi connectivity index (χ4n) is 2.48. The van der Waals surface area contributed by atoms with Crippen molar-refractivity contribution in [1.29, 1.82) is 0 Å². The zero-order valence-corrected chi connectivity index (χ0v) is 11.0. The van der Waals surface area contributed by atoms with Gasteiger partial charge in [0.2, 0.25) is 0 Å². The molecule has 16 heavy (non-hydrogen) atoms. The molecule has 1 aliphatic rings. The van der Waals surface area contributed by atoms with Crippen molar-refractivity contribution in [3.8, 4) is 0 Å². The molecule has 2 nitrogen and oxygen atoms in total. The number of nitrogens with one attached hydrogen (secondary N) is 1. The van der Waals surface area contributed by atoms with Crippen LogP contribution in [-0.2, 0) is 6.54 Å². The third-order valence-electron chi connectivity index (χ3n) is 3.42. The lowest BCUT2D eigenvalue weighted by molar-refractivity contribution is 0.334. The first-order valence-corrected chi connectivity index (χ1v) is 7.28. The first-order chi connectivity index (χ1) is 7.84. The topological polar surface area (TPSA) is 24.9 Å². The molecule has 3 heteroatoms. The third kappa shape index (κ3) is 3.87. The second-order valence-corrected chi connectivity index (χ2v) is 6.13. The summed E-state index contributed by atoms with van der Waals surface area (Å²) in [5.41, 5.74) is 0. The van der Waals surface area contributed by atoms with E-state index < -0.39 is 0 Å². The molecule has 0 radical (unpaired) electrons. The van der Waals surface area contributed by atoms with Crippen LogP contribution in [0.4, 0.5) is 0 Å². The summed E-state index contributed by atoms with van der Waals surface area (Å²) in [5.74, 6) is 0.990. The summed E-state index contributed by atoms with van der Waals surface area (Å²) in [7, 11) is 0. The highest BCUT2D eigenvalue weighted by Crippen LogP contribution is 2.25. The summed E-state index contributed by atoms with van der Waals surface area (Å²) < 4.78 is 0. The smallest absolute Gasteiger partial charge is 0.0897 e. The van der Waals surface area contributed by atoms with Crippen LogP contribution in [0.3, 0.4) is 0 Å². The fraction of sp³-hybridized carbons (Fsp3) is 0.769. The van der Waals surface area contributed by atoms with Gasteiger partial charge in [-0.15, -0.1) is 11.3 Å². The second-order valence-electron chi connectivity index (χ2n) is 4.82. The van der Waals surface area contributed by atoms with Gasteiger partial charge in [0.1, 0.15) is 0 Å². The van der Waals surface area contributed by atoms with E-state index in [1.807, 2.05) is 6.20 Å². The Hall–Kier alpha value is -0.410. The van der Waals surface area contributed by atoms with E-state index in [2.05, 4.69) is 17.2 Å². The average molecular weight is 238 g/mol. The molecular formula is C13H22N2S. The maximum atomic E-state index is 4.26. The van der Waals surface area contributed by atoms with Crippen LogP contribution < -0.4 is 5.32 Å². The Morgan fingerprint density at radius 2 is 2.19 bits per heavy atom. The highest BCUT2D eigenvalue weighted by Gasteiger charge is 2.12. The van der Waals surface area contributed by atoms with Gasteiger partial charge in [-0.2, -0.15) is 0 Å². The van der Waals surface area contributed by atoms with Crippen molar-refractivity contribution in [2.75, 3.05) is 6.54 Å². The molecule has 2 rings (SSSR count). The molecule has 0 atom stereocenters. The van der Waals surface area contributed by atoms with Crippen LogP contribution in [-0.4, -0.2) is 11.5 Å². The van der Waals surface area contributed by atoms with Crippen molar-refractivity contribution >= 4 is 11.3 Å². The van der Waals surface area contributed by atoms with Crippen LogP contribution in [0, 0.1) is 12.8 Å². The van der Waals surface area contributed by atoms with Gasteiger partial charge >= 0.3 is 0 Å². The van der Waals surface area contributed by atoms with Crippen molar-refractivity contribution in [3.63, 3.8) is 0 Å². The Kier molecular flexibility index (Phi) is 4.79. The summed E-state index contributed by atoms with van der Waals surface area (Å²) in [6.07, 6.45) is 10.6. The van der Waals surface area contributed by atoms with E-state index in [0.717, 1.165) is 12.5 Å². The molecule has 0 aromatic carbocycles. The summed E-state index contributed by atoms with van der Waals surface area (Å²) in [6.45, 7) is 4.23. The maximum Gasteiger partial charge on any atom is 0.0897 e. The summed E-state index contributed by atoms with van der Waals surface area (Å²) in [4.78, 5) is 5.63. The van der Waals surface area contributed by atoms with Gasteiger partial charge in [-0.1, -0.05) is 32.1 Å². The molecule has 0 bridgehead atoms. The van der Waals surface area contributed by atoms with E-state index in [-0.39, 0.29) is 0 Å². The molecule has 0 amide bonds. The third-order valence-corrected chi connectivity index (χ3v) is 4.34. The van der Waals surface area contributed by atoms with Crippen molar-refractivity contribution in [2.45, 2.75) is 52.0 Å². The predicted molar refractivity (Wildman–Crippen MR) is 69.7 cm³/mol. The van der Waals surface area contributed by atoms with Gasteiger partial charge in [-0.3, -0.25) is 0 Å². The number of nitrogens with zero attached hydrogens (tertiary/aromatic N) is 1. The van der Waals surface area contributed by atoms with Gasteiger partial charge in [0.15, 0.2) is 0 Å². The summed E-state index contributed by atoms with van der Waals surface area (Å²) in [6, 6.07) is 0. The Bertz CT molecular complexity index is 303. The number of aryl methyl sites for hydroxylation is 1. The van der Waals surface area contributed by atoms with Crippen molar-refractivity contribution < 1.29 is 0 Å². The Labute approximate surface area is 102 Å². The monoisotopic (exact) mass is 238 g/mol. The van der Waals surface area contributed by atoms with E-state index >= 15 is 0 Å². The number of rotatable bonds is 5. The lowest BCUT2D eigenvalue weighted by atomic mass is 9.87. The molecule has 90 valence electrons. The van der Waals surface area contributed by atoms with Crippen molar-refractivity contribution in [3.05, 3.63) is 16.1 Å². The van der Waals surface area contributed by atoms with Gasteiger partial charge in [0.25, 0.3) is 0 Å². The summed E-state index contributed by atoms with van der Waals surface area (Å²) >= 11 is 1.80. The number of hydrogen-bond acceptors (Lipinski definition) is 3. The zero-order chi connectivity index (χ0) is 11.2. The van der Waals surface area contributed by atoms with Crippen LogP contribution in [0.15, 0.2) is 6.20 Å². The molecule has 1 heterocycles. The minimum Gasteiger partial charge on any atom is -0.312 e. The van der Waals surface area contributed by atoms with Crippen LogP contribution in [0.25, 0.3) is 0 Å². The van der Waals surface area contributed by atoms with E-state index in [0.29, 0.717) is 0 Å². The quantitative estimate of drug-likeness (QED) is 0.794. The highest BCUT2D eigenvalue weighted by atomic mass is 32.1. The summed E-state index contributed by atoms with van der Waals surface area (Å²) in [5, 5.41) is 4.70. The standard InChI is InChI=1S/C13H22N2S/c1-11-15-10-13(16-11)9-14-8-7-12-5-3-2-4-6-12/h10,12,14H,2-9H2,1H3. The van der Waals surface area contributed by atoms with Gasteiger partial charge in [0, 0.05) is 17.6 Å². The zero-order valence-electron chi connectivity index (χ0n) is 10.2. The maximum absolute atomic E-state index is 4.26. The van der Waals surface area contributed by atoms with Crippen LogP contribution in [0.2, 0.25) is 0 Å². The van der Waals surface area contributed by atoms with E-state index in [1.54, 1.807) is 11.3 Å².